The van der Waals surface area contributed by atoms with Crippen molar-refractivity contribution < 1.29 is 19.4 Å². The monoisotopic (exact) mass is 289 g/mol. The summed E-state index contributed by atoms with van der Waals surface area (Å²) in [5.74, 6) is -0.524. The molecule has 110 valence electrons. The van der Waals surface area contributed by atoms with Gasteiger partial charge in [-0.05, 0) is 18.6 Å². The van der Waals surface area contributed by atoms with E-state index < -0.39 is 5.97 Å². The van der Waals surface area contributed by atoms with E-state index in [4.69, 9.17) is 9.84 Å². The van der Waals surface area contributed by atoms with Crippen LogP contribution in [0.15, 0.2) is 30.3 Å². The molecule has 21 heavy (non-hydrogen) atoms. The number of nitrogens with zero attached hydrogens (tertiary/aromatic N) is 1. The Balaban J connectivity index is 1.79. The number of aromatic nitrogens is 2. The predicted molar refractivity (Wildman–Crippen MR) is 75.5 cm³/mol. The molecular weight excluding hydrogens is 274 g/mol. The summed E-state index contributed by atoms with van der Waals surface area (Å²) in [4.78, 5) is 22.3. The maximum Gasteiger partial charge on any atom is 0.353 e. The summed E-state index contributed by atoms with van der Waals surface area (Å²) in [6.07, 6.45) is 0.142. The van der Waals surface area contributed by atoms with E-state index in [1.54, 1.807) is 0 Å². The van der Waals surface area contributed by atoms with Gasteiger partial charge in [0.15, 0.2) is 5.82 Å². The Hall–Kier alpha value is -2.83. The molecule has 2 aromatic rings. The van der Waals surface area contributed by atoms with Gasteiger partial charge in [0.2, 0.25) is 5.91 Å². The van der Waals surface area contributed by atoms with Gasteiger partial charge in [-0.2, -0.15) is 5.10 Å². The molecule has 1 amide bonds. The van der Waals surface area contributed by atoms with Gasteiger partial charge < -0.3 is 15.2 Å². The van der Waals surface area contributed by atoms with E-state index in [0.717, 1.165) is 11.3 Å². The molecule has 0 fully saturated rings. The molecule has 1 aromatic heterocycles. The lowest BCUT2D eigenvalue weighted by Gasteiger charge is -2.08. The lowest BCUT2D eigenvalue weighted by molar-refractivity contribution is -0.116. The number of aromatic carboxylic acids is 1. The SMILES string of the molecule is Cc1ccccc1OCCC(=O)Nc1cc(C(=O)O)[nH]n1. The van der Waals surface area contributed by atoms with Gasteiger partial charge in [0, 0.05) is 6.07 Å². The minimum absolute atomic E-state index is 0.0820. The number of amides is 1. The molecule has 3 N–H and O–H groups in total. The molecule has 0 saturated carbocycles. The predicted octanol–water partition coefficient (Wildman–Crippen LogP) is 1.82. The highest BCUT2D eigenvalue weighted by molar-refractivity contribution is 5.92. The van der Waals surface area contributed by atoms with Crippen LogP contribution in [0.5, 0.6) is 5.75 Å². The van der Waals surface area contributed by atoms with E-state index in [9.17, 15) is 9.59 Å². The number of benzene rings is 1. The first-order valence-corrected chi connectivity index (χ1v) is 6.33. The van der Waals surface area contributed by atoms with Gasteiger partial charge in [0.1, 0.15) is 11.4 Å². The van der Waals surface area contributed by atoms with Crippen LogP contribution in [0.1, 0.15) is 22.5 Å². The Bertz CT molecular complexity index is 651. The topological polar surface area (TPSA) is 104 Å². The summed E-state index contributed by atoms with van der Waals surface area (Å²) in [5, 5.41) is 17.2. The maximum atomic E-state index is 11.7. The van der Waals surface area contributed by atoms with E-state index in [1.165, 1.54) is 6.07 Å². The van der Waals surface area contributed by atoms with Gasteiger partial charge in [0.05, 0.1) is 13.0 Å². The molecule has 1 heterocycles. The van der Waals surface area contributed by atoms with Gasteiger partial charge in [-0.25, -0.2) is 4.79 Å². The van der Waals surface area contributed by atoms with Gasteiger partial charge in [-0.3, -0.25) is 9.89 Å². The molecule has 2 rings (SSSR count). The van der Waals surface area contributed by atoms with Crippen molar-refractivity contribution in [1.29, 1.82) is 0 Å². The van der Waals surface area contributed by atoms with E-state index in [0.29, 0.717) is 0 Å². The Morgan fingerprint density at radius 1 is 1.38 bits per heavy atom. The smallest absolute Gasteiger partial charge is 0.353 e. The number of nitrogens with one attached hydrogen (secondary N) is 2. The van der Waals surface area contributed by atoms with Crippen molar-refractivity contribution in [1.82, 2.24) is 10.2 Å². The summed E-state index contributed by atoms with van der Waals surface area (Å²) in [5.41, 5.74) is 0.915. The molecular formula is C14H15N3O4. The van der Waals surface area contributed by atoms with Crippen LogP contribution >= 0.6 is 0 Å². The molecule has 0 radical (unpaired) electrons. The molecule has 0 saturated heterocycles. The maximum absolute atomic E-state index is 11.7. The third-order valence-electron chi connectivity index (χ3n) is 2.76. The summed E-state index contributed by atoms with van der Waals surface area (Å²) in [7, 11) is 0. The zero-order valence-corrected chi connectivity index (χ0v) is 11.4. The Labute approximate surface area is 120 Å². The number of carboxylic acids is 1. The van der Waals surface area contributed by atoms with Gasteiger partial charge in [-0.15, -0.1) is 0 Å². The number of carboxylic acid groups (broad SMARTS) is 1. The average molecular weight is 289 g/mol. The molecule has 0 aliphatic heterocycles. The average Bonchev–Trinajstić information content (AvgIpc) is 2.89. The molecule has 0 bridgehead atoms. The number of hydrogen-bond acceptors (Lipinski definition) is 4. The molecule has 0 unspecified atom stereocenters. The standard InChI is InChI=1S/C14H15N3O4/c1-9-4-2-3-5-11(9)21-7-6-13(18)15-12-8-10(14(19)20)16-17-12/h2-5,8H,6-7H2,1H3,(H,19,20)(H2,15,16,17,18). The third kappa shape index (κ3) is 4.07. The van der Waals surface area contributed by atoms with Crippen LogP contribution in [-0.2, 0) is 4.79 Å². The molecule has 1 aromatic carbocycles. The zero-order chi connectivity index (χ0) is 15.2. The van der Waals surface area contributed by atoms with Gasteiger partial charge in [0.25, 0.3) is 0 Å². The number of H-pyrrole nitrogens is 1. The first kappa shape index (κ1) is 14.6. The molecule has 0 spiro atoms. The normalized spacial score (nSPS) is 10.1. The Morgan fingerprint density at radius 3 is 2.81 bits per heavy atom. The van der Waals surface area contributed by atoms with E-state index in [-0.39, 0.29) is 30.4 Å². The second-order valence-electron chi connectivity index (χ2n) is 4.38. The number of aryl methyl sites for hydroxylation is 1. The van der Waals surface area contributed by atoms with E-state index >= 15 is 0 Å². The van der Waals surface area contributed by atoms with Gasteiger partial charge >= 0.3 is 5.97 Å². The van der Waals surface area contributed by atoms with Crippen molar-refractivity contribution in [3.63, 3.8) is 0 Å². The minimum Gasteiger partial charge on any atom is -0.493 e. The second-order valence-corrected chi connectivity index (χ2v) is 4.38. The highest BCUT2D eigenvalue weighted by atomic mass is 16.5. The Kier molecular flexibility index (Phi) is 4.55. The third-order valence-corrected chi connectivity index (χ3v) is 2.76. The van der Waals surface area contributed by atoms with Crippen LogP contribution < -0.4 is 10.1 Å². The van der Waals surface area contributed by atoms with Crippen LogP contribution in [0.3, 0.4) is 0 Å². The number of hydrogen-bond donors (Lipinski definition) is 3. The van der Waals surface area contributed by atoms with Crippen molar-refractivity contribution in [2.45, 2.75) is 13.3 Å². The highest BCUT2D eigenvalue weighted by Crippen LogP contribution is 2.16. The van der Waals surface area contributed by atoms with Crippen molar-refractivity contribution >= 4 is 17.7 Å². The quantitative estimate of drug-likeness (QED) is 0.752. The van der Waals surface area contributed by atoms with Crippen LogP contribution in [0.4, 0.5) is 5.82 Å². The number of carbonyl (C=O) groups excluding carboxylic acids is 1. The lowest BCUT2D eigenvalue weighted by Crippen LogP contribution is -2.15. The first-order valence-electron chi connectivity index (χ1n) is 6.33. The summed E-state index contributed by atoms with van der Waals surface area (Å²) in [6, 6.07) is 8.78. The first-order chi connectivity index (χ1) is 10.1. The number of para-hydroxylation sites is 1. The number of aromatic amines is 1. The number of carbonyl (C=O) groups is 2. The summed E-state index contributed by atoms with van der Waals surface area (Å²) in [6.45, 7) is 2.15. The van der Waals surface area contributed by atoms with Gasteiger partial charge in [-0.1, -0.05) is 18.2 Å². The molecule has 7 heteroatoms. The molecule has 0 atom stereocenters. The fourth-order valence-electron chi connectivity index (χ4n) is 1.67. The van der Waals surface area contributed by atoms with E-state index in [1.807, 2.05) is 31.2 Å². The van der Waals surface area contributed by atoms with Crippen molar-refractivity contribution in [3.8, 4) is 5.75 Å². The summed E-state index contributed by atoms with van der Waals surface area (Å²) < 4.78 is 5.51. The second kappa shape index (κ2) is 6.56. The minimum atomic E-state index is -1.13. The Morgan fingerprint density at radius 2 is 2.14 bits per heavy atom. The van der Waals surface area contributed by atoms with Crippen LogP contribution in [-0.4, -0.2) is 33.8 Å². The number of ether oxygens (including phenoxy) is 1. The largest absolute Gasteiger partial charge is 0.493 e. The molecule has 7 nitrogen and oxygen atoms in total. The molecule has 0 aliphatic rings. The molecule has 0 aliphatic carbocycles. The van der Waals surface area contributed by atoms with Crippen LogP contribution in [0.25, 0.3) is 0 Å². The fourth-order valence-corrected chi connectivity index (χ4v) is 1.67. The zero-order valence-electron chi connectivity index (χ0n) is 11.4. The van der Waals surface area contributed by atoms with Crippen molar-refractivity contribution in [2.75, 3.05) is 11.9 Å². The fraction of sp³-hybridized carbons (Fsp3) is 0.214. The number of anilines is 1. The lowest BCUT2D eigenvalue weighted by atomic mass is 10.2. The van der Waals surface area contributed by atoms with Crippen molar-refractivity contribution in [3.05, 3.63) is 41.6 Å². The van der Waals surface area contributed by atoms with Crippen molar-refractivity contribution in [2.24, 2.45) is 0 Å². The highest BCUT2D eigenvalue weighted by Gasteiger charge is 2.10. The summed E-state index contributed by atoms with van der Waals surface area (Å²) >= 11 is 0. The van der Waals surface area contributed by atoms with Crippen LogP contribution in [0.2, 0.25) is 0 Å². The van der Waals surface area contributed by atoms with Crippen LogP contribution in [0, 0.1) is 6.92 Å². The number of rotatable bonds is 6. The van der Waals surface area contributed by atoms with E-state index in [2.05, 4.69) is 15.5 Å².